The second-order valence-corrected chi connectivity index (χ2v) is 6.05. The van der Waals surface area contributed by atoms with Crippen molar-refractivity contribution in [1.29, 1.82) is 0 Å². The molecule has 0 nitrogen and oxygen atoms in total. The van der Waals surface area contributed by atoms with Gasteiger partial charge in [-0.25, -0.2) is 0 Å². The van der Waals surface area contributed by atoms with Crippen molar-refractivity contribution < 1.29 is 0 Å². The Morgan fingerprint density at radius 1 is 0.846 bits per heavy atom. The van der Waals surface area contributed by atoms with E-state index in [4.69, 9.17) is 0 Å². The summed E-state index contributed by atoms with van der Waals surface area (Å²) < 4.78 is 0. The van der Waals surface area contributed by atoms with Gasteiger partial charge in [-0.15, -0.1) is 0 Å². The lowest BCUT2D eigenvalue weighted by Crippen LogP contribution is -2.06. The number of hydrogen-bond donors (Lipinski definition) is 0. The zero-order valence-corrected chi connectivity index (χ0v) is 9.00. The first-order valence-electron chi connectivity index (χ1n) is 6.27. The highest BCUT2D eigenvalue weighted by molar-refractivity contribution is 5.07. The van der Waals surface area contributed by atoms with E-state index in [1.807, 2.05) is 0 Å². The summed E-state index contributed by atoms with van der Waals surface area (Å²) in [6.45, 7) is 4.94. The molecule has 0 saturated heterocycles. The molecule has 0 bridgehead atoms. The van der Waals surface area contributed by atoms with Crippen LogP contribution in [-0.4, -0.2) is 0 Å². The molecule has 6 atom stereocenters. The van der Waals surface area contributed by atoms with Crippen LogP contribution < -0.4 is 0 Å². The third-order valence-corrected chi connectivity index (χ3v) is 5.18. The summed E-state index contributed by atoms with van der Waals surface area (Å²) >= 11 is 0. The van der Waals surface area contributed by atoms with Gasteiger partial charge in [0.15, 0.2) is 0 Å². The fraction of sp³-hybridized carbons (Fsp3) is 1.00. The van der Waals surface area contributed by atoms with E-state index >= 15 is 0 Å². The molecule has 0 heteroatoms. The van der Waals surface area contributed by atoms with Crippen LogP contribution >= 0.6 is 0 Å². The molecule has 3 saturated carbocycles. The lowest BCUT2D eigenvalue weighted by molar-refractivity contribution is 0.355. The average Bonchev–Trinajstić information content (AvgIpc) is 2.45. The summed E-state index contributed by atoms with van der Waals surface area (Å²) in [5.74, 6) is 6.81. The first-order valence-corrected chi connectivity index (χ1v) is 6.27. The fourth-order valence-electron chi connectivity index (χ4n) is 4.53. The molecule has 3 aliphatic rings. The summed E-state index contributed by atoms with van der Waals surface area (Å²) in [5, 5.41) is 0. The van der Waals surface area contributed by atoms with Crippen molar-refractivity contribution in [3.63, 3.8) is 0 Å². The van der Waals surface area contributed by atoms with Gasteiger partial charge in [0.1, 0.15) is 0 Å². The predicted molar refractivity (Wildman–Crippen MR) is 55.4 cm³/mol. The minimum atomic E-state index is 1.04. The summed E-state index contributed by atoms with van der Waals surface area (Å²) in [6, 6.07) is 0. The van der Waals surface area contributed by atoms with Crippen molar-refractivity contribution in [1.82, 2.24) is 0 Å². The highest BCUT2D eigenvalue weighted by Gasteiger charge is 2.59. The van der Waals surface area contributed by atoms with Crippen molar-refractivity contribution in [2.24, 2.45) is 35.5 Å². The first kappa shape index (κ1) is 8.32. The van der Waals surface area contributed by atoms with E-state index < -0.39 is 0 Å². The smallest absolute Gasteiger partial charge is 0.0321 e. The molecule has 3 fully saturated rings. The van der Waals surface area contributed by atoms with Crippen molar-refractivity contribution in [2.45, 2.75) is 46.0 Å². The lowest BCUT2D eigenvalue weighted by atomic mass is 9.91. The molecule has 0 aromatic heterocycles. The molecule has 0 radical (unpaired) electrons. The Morgan fingerprint density at radius 3 is 2.23 bits per heavy atom. The second-order valence-electron chi connectivity index (χ2n) is 6.05. The maximum atomic E-state index is 2.49. The first-order chi connectivity index (χ1) is 6.27. The molecule has 13 heavy (non-hydrogen) atoms. The van der Waals surface area contributed by atoms with E-state index in [9.17, 15) is 0 Å². The van der Waals surface area contributed by atoms with Crippen LogP contribution in [0.15, 0.2) is 0 Å². The molecular weight excluding hydrogens is 156 g/mol. The summed E-state index contributed by atoms with van der Waals surface area (Å²) in [5.41, 5.74) is 0. The number of rotatable bonds is 1. The minimum absolute atomic E-state index is 1.04. The van der Waals surface area contributed by atoms with Gasteiger partial charge in [-0.1, -0.05) is 26.7 Å². The fourth-order valence-corrected chi connectivity index (χ4v) is 4.53. The number of fused-ring (bicyclic) bond motifs is 1. The molecule has 0 aromatic rings. The van der Waals surface area contributed by atoms with Gasteiger partial charge in [0.05, 0.1) is 0 Å². The van der Waals surface area contributed by atoms with Gasteiger partial charge in [0.25, 0.3) is 0 Å². The minimum Gasteiger partial charge on any atom is -0.0625 e. The van der Waals surface area contributed by atoms with Crippen LogP contribution in [-0.2, 0) is 0 Å². The second kappa shape index (κ2) is 2.74. The molecule has 74 valence electrons. The van der Waals surface area contributed by atoms with Crippen LogP contribution in [0.2, 0.25) is 0 Å². The van der Waals surface area contributed by atoms with Gasteiger partial charge in [-0.3, -0.25) is 0 Å². The summed E-state index contributed by atoms with van der Waals surface area (Å²) in [6.07, 6.45) is 7.75. The lowest BCUT2D eigenvalue weighted by Gasteiger charge is -2.14. The molecular formula is C13H22. The summed E-state index contributed by atoms with van der Waals surface area (Å²) in [4.78, 5) is 0. The molecule has 3 unspecified atom stereocenters. The average molecular weight is 178 g/mol. The molecule has 3 aliphatic carbocycles. The van der Waals surface area contributed by atoms with Crippen LogP contribution in [0.5, 0.6) is 0 Å². The van der Waals surface area contributed by atoms with E-state index in [-0.39, 0.29) is 0 Å². The van der Waals surface area contributed by atoms with Crippen LogP contribution in [0.25, 0.3) is 0 Å². The Bertz CT molecular complexity index is 208. The van der Waals surface area contributed by atoms with Gasteiger partial charge in [0.2, 0.25) is 0 Å². The molecule has 0 spiro atoms. The molecule has 0 N–H and O–H groups in total. The monoisotopic (exact) mass is 178 g/mol. The van der Waals surface area contributed by atoms with E-state index in [0.29, 0.717) is 0 Å². The highest BCUT2D eigenvalue weighted by Crippen LogP contribution is 2.65. The Morgan fingerprint density at radius 2 is 1.69 bits per heavy atom. The van der Waals surface area contributed by atoms with Crippen molar-refractivity contribution in [2.75, 3.05) is 0 Å². The quantitative estimate of drug-likeness (QED) is 0.574. The third-order valence-electron chi connectivity index (χ3n) is 5.18. The predicted octanol–water partition coefficient (Wildman–Crippen LogP) is 3.71. The molecule has 0 amide bonds. The maximum absolute atomic E-state index is 2.49. The van der Waals surface area contributed by atoms with Crippen LogP contribution in [0.1, 0.15) is 46.0 Å². The molecule has 0 aromatic carbocycles. The largest absolute Gasteiger partial charge is 0.0625 e. The van der Waals surface area contributed by atoms with Gasteiger partial charge < -0.3 is 0 Å². The van der Waals surface area contributed by atoms with E-state index in [2.05, 4.69) is 13.8 Å². The van der Waals surface area contributed by atoms with E-state index in [0.717, 1.165) is 17.8 Å². The van der Waals surface area contributed by atoms with Gasteiger partial charge >= 0.3 is 0 Å². The van der Waals surface area contributed by atoms with Crippen molar-refractivity contribution in [3.05, 3.63) is 0 Å². The Hall–Kier alpha value is 0. The van der Waals surface area contributed by atoms with Gasteiger partial charge in [-0.2, -0.15) is 0 Å². The normalized spacial score (nSPS) is 59.5. The third kappa shape index (κ3) is 1.17. The van der Waals surface area contributed by atoms with Crippen molar-refractivity contribution in [3.8, 4) is 0 Å². The Labute approximate surface area is 82.1 Å². The van der Waals surface area contributed by atoms with Crippen LogP contribution in [0.4, 0.5) is 0 Å². The van der Waals surface area contributed by atoms with Gasteiger partial charge in [-0.05, 0) is 54.8 Å². The maximum Gasteiger partial charge on any atom is -0.0321 e. The standard InChI is InChI=1S/C13H22/c1-8-3-5-10(7-8)13-11-6-4-9(2)12(11)13/h8-13H,3-7H2,1-2H3/t8?,9-,10?,11-,12-,13?/m1/s1. The number of hydrogen-bond acceptors (Lipinski definition) is 0. The Kier molecular flexibility index (Phi) is 1.76. The molecule has 0 heterocycles. The van der Waals surface area contributed by atoms with Crippen LogP contribution in [0.3, 0.4) is 0 Å². The summed E-state index contributed by atoms with van der Waals surface area (Å²) in [7, 11) is 0. The highest BCUT2D eigenvalue weighted by atomic mass is 14.6. The van der Waals surface area contributed by atoms with E-state index in [1.165, 1.54) is 30.6 Å². The molecule has 3 rings (SSSR count). The molecule has 0 aliphatic heterocycles. The zero-order valence-electron chi connectivity index (χ0n) is 9.00. The zero-order chi connectivity index (χ0) is 9.00. The topological polar surface area (TPSA) is 0 Å². The SMILES string of the molecule is CC1CCC(C2[C@@H]3[C@H](C)CC[C@@H]23)C1. The van der Waals surface area contributed by atoms with Gasteiger partial charge in [0, 0.05) is 0 Å². The van der Waals surface area contributed by atoms with E-state index in [1.54, 1.807) is 19.3 Å². The Balaban J connectivity index is 1.64. The van der Waals surface area contributed by atoms with Crippen LogP contribution in [0, 0.1) is 35.5 Å². The van der Waals surface area contributed by atoms with Crippen molar-refractivity contribution >= 4 is 0 Å².